The van der Waals surface area contributed by atoms with Crippen LogP contribution in [0.15, 0.2) is 201 Å². The first-order chi connectivity index (χ1) is 27.7. The Labute approximate surface area is 330 Å². The van der Waals surface area contributed by atoms with Crippen molar-refractivity contribution in [3.63, 3.8) is 0 Å². The van der Waals surface area contributed by atoms with Crippen LogP contribution in [0.3, 0.4) is 0 Å². The highest BCUT2D eigenvalue weighted by Gasteiger charge is 2.49. The number of amides is 1. The fraction of sp³-hybridized carbons (Fsp3) is 0.180. The van der Waals surface area contributed by atoms with Gasteiger partial charge in [0, 0.05) is 6.54 Å². The van der Waals surface area contributed by atoms with Gasteiger partial charge in [-0.3, -0.25) is 4.90 Å². The molecule has 6 aromatic rings. The van der Waals surface area contributed by atoms with E-state index in [4.69, 9.17) is 18.9 Å². The van der Waals surface area contributed by atoms with E-state index in [9.17, 15) is 4.79 Å². The van der Waals surface area contributed by atoms with Crippen LogP contribution in [-0.2, 0) is 37.8 Å². The highest BCUT2D eigenvalue weighted by molar-refractivity contribution is 5.72. The van der Waals surface area contributed by atoms with Crippen LogP contribution in [0.2, 0.25) is 0 Å². The van der Waals surface area contributed by atoms with Crippen LogP contribution in [0, 0.1) is 0 Å². The molecule has 1 saturated heterocycles. The lowest BCUT2D eigenvalue weighted by Gasteiger charge is -2.39. The quantitative estimate of drug-likeness (QED) is 0.0649. The monoisotopic (exact) mass is 741 g/mol. The first-order valence-electron chi connectivity index (χ1n) is 19.1. The van der Waals surface area contributed by atoms with Gasteiger partial charge >= 0.3 is 6.09 Å². The van der Waals surface area contributed by atoms with Crippen molar-refractivity contribution in [3.05, 3.63) is 234 Å². The number of ether oxygens (including phenoxy) is 4. The Morgan fingerprint density at radius 3 is 1.55 bits per heavy atom. The zero-order valence-electron chi connectivity index (χ0n) is 31.4. The zero-order chi connectivity index (χ0) is 38.4. The van der Waals surface area contributed by atoms with E-state index in [-0.39, 0.29) is 19.8 Å². The molecule has 0 spiro atoms. The van der Waals surface area contributed by atoms with Crippen LogP contribution in [0.1, 0.15) is 33.4 Å². The molecule has 0 N–H and O–H groups in total. The van der Waals surface area contributed by atoms with Gasteiger partial charge in [-0.1, -0.05) is 200 Å². The largest absolute Gasteiger partial charge is 0.441 e. The van der Waals surface area contributed by atoms with Crippen LogP contribution < -0.4 is 0 Å². The minimum Gasteiger partial charge on any atom is -0.441 e. The fourth-order valence-electron chi connectivity index (χ4n) is 7.31. The summed E-state index contributed by atoms with van der Waals surface area (Å²) in [5.74, 6) is 0. The second-order valence-electron chi connectivity index (χ2n) is 13.7. The number of carbonyl (C=O) groups is 1. The summed E-state index contributed by atoms with van der Waals surface area (Å²) in [5.41, 5.74) is 4.87. The molecule has 6 aromatic carbocycles. The summed E-state index contributed by atoms with van der Waals surface area (Å²) in [4.78, 5) is 15.4. The van der Waals surface area contributed by atoms with Crippen molar-refractivity contribution < 1.29 is 23.7 Å². The number of hydrogen-bond acceptors (Lipinski definition) is 5. The maximum Gasteiger partial charge on any atom is 0.411 e. The first-order valence-corrected chi connectivity index (χ1v) is 19.1. The molecule has 1 aliphatic heterocycles. The van der Waals surface area contributed by atoms with Gasteiger partial charge in [0.1, 0.15) is 17.8 Å². The molecule has 1 aliphatic rings. The predicted octanol–water partition coefficient (Wildman–Crippen LogP) is 10.3. The van der Waals surface area contributed by atoms with Gasteiger partial charge in [-0.25, -0.2) is 4.79 Å². The van der Waals surface area contributed by atoms with Gasteiger partial charge in [-0.2, -0.15) is 0 Å². The van der Waals surface area contributed by atoms with E-state index in [0.717, 1.165) is 33.4 Å². The van der Waals surface area contributed by atoms with Crippen LogP contribution >= 0.6 is 0 Å². The Morgan fingerprint density at radius 1 is 0.625 bits per heavy atom. The van der Waals surface area contributed by atoms with Gasteiger partial charge in [0.05, 0.1) is 25.9 Å². The molecule has 1 fully saturated rings. The minimum atomic E-state index is -1.02. The molecular weight excluding hydrogens is 695 g/mol. The highest BCUT2D eigenvalue weighted by Crippen LogP contribution is 2.41. The highest BCUT2D eigenvalue weighted by atomic mass is 16.6. The zero-order valence-corrected chi connectivity index (χ0v) is 31.4. The summed E-state index contributed by atoms with van der Waals surface area (Å²) in [5, 5.41) is 0. The Kier molecular flexibility index (Phi) is 13.0. The molecule has 1 heterocycles. The van der Waals surface area contributed by atoms with Crippen LogP contribution in [0.25, 0.3) is 6.08 Å². The third-order valence-corrected chi connectivity index (χ3v) is 10.1. The van der Waals surface area contributed by atoms with Crippen molar-refractivity contribution in [2.75, 3.05) is 13.2 Å². The SMILES string of the molecule is C=CCN1C(=O)O[C@@H]([C@@H](OCc2ccccc2)[C@H](COC(c2ccccc2)(c2ccccc2)c2ccccc2)OCc2ccccc2)C1/C=C/c1ccccc1. The minimum absolute atomic E-state index is 0.0929. The lowest BCUT2D eigenvalue weighted by atomic mass is 9.80. The van der Waals surface area contributed by atoms with Crippen molar-refractivity contribution in [2.45, 2.75) is 43.2 Å². The second-order valence-corrected chi connectivity index (χ2v) is 13.7. The summed E-state index contributed by atoms with van der Waals surface area (Å²) in [6.45, 7) is 4.90. The summed E-state index contributed by atoms with van der Waals surface area (Å²) in [6.07, 6.45) is 3.09. The van der Waals surface area contributed by atoms with Crippen LogP contribution in [-0.4, -0.2) is 48.5 Å². The Balaban J connectivity index is 1.33. The predicted molar refractivity (Wildman–Crippen MR) is 222 cm³/mol. The Morgan fingerprint density at radius 2 is 1.07 bits per heavy atom. The van der Waals surface area contributed by atoms with Crippen molar-refractivity contribution in [2.24, 2.45) is 0 Å². The number of nitrogens with zero attached hydrogens (tertiary/aromatic N) is 1. The molecular formula is C50H47NO5. The van der Waals surface area contributed by atoms with E-state index in [1.54, 1.807) is 11.0 Å². The molecule has 0 bridgehead atoms. The van der Waals surface area contributed by atoms with E-state index in [0.29, 0.717) is 6.54 Å². The van der Waals surface area contributed by atoms with Gasteiger partial charge in [0.25, 0.3) is 0 Å². The van der Waals surface area contributed by atoms with Crippen molar-refractivity contribution >= 4 is 12.2 Å². The summed E-state index contributed by atoms with van der Waals surface area (Å²) >= 11 is 0. The van der Waals surface area contributed by atoms with E-state index in [1.165, 1.54) is 0 Å². The standard InChI is InChI=1S/C50H47NO5/c1-2-35-51-45(34-33-39-21-9-3-10-22-39)47(56-49(51)52)48(54-37-41-25-13-5-14-26-41)46(53-36-40-23-11-4-12-24-40)38-55-50(42-27-15-6-16-28-42,43-29-17-7-18-30-43)44-31-19-8-20-32-44/h2-34,45-48H,1,35-38H2/b34-33+/t45?,46-,47+,48-/m0/s1. The number of hydrogen-bond donors (Lipinski definition) is 0. The van der Waals surface area contributed by atoms with Gasteiger partial charge in [-0.05, 0) is 33.4 Å². The van der Waals surface area contributed by atoms with Crippen LogP contribution in [0.5, 0.6) is 0 Å². The molecule has 56 heavy (non-hydrogen) atoms. The number of carbonyl (C=O) groups excluding carboxylic acids is 1. The average Bonchev–Trinajstić information content (AvgIpc) is 3.57. The van der Waals surface area contributed by atoms with E-state index < -0.39 is 36.0 Å². The molecule has 1 unspecified atom stereocenters. The summed E-state index contributed by atoms with van der Waals surface area (Å²) in [7, 11) is 0. The number of cyclic esters (lactones) is 1. The molecule has 0 saturated carbocycles. The molecule has 0 aliphatic carbocycles. The Bertz CT molecular complexity index is 2020. The molecule has 0 aromatic heterocycles. The van der Waals surface area contributed by atoms with Gasteiger partial charge in [0.15, 0.2) is 6.10 Å². The van der Waals surface area contributed by atoms with E-state index in [2.05, 4.69) is 43.0 Å². The van der Waals surface area contributed by atoms with Crippen LogP contribution in [0.4, 0.5) is 4.79 Å². The first kappa shape index (κ1) is 38.2. The summed E-state index contributed by atoms with van der Waals surface area (Å²) in [6, 6.07) is 60.4. The molecule has 7 rings (SSSR count). The van der Waals surface area contributed by atoms with E-state index >= 15 is 0 Å². The van der Waals surface area contributed by atoms with Gasteiger partial charge in [-0.15, -0.1) is 6.58 Å². The fourth-order valence-corrected chi connectivity index (χ4v) is 7.31. The maximum absolute atomic E-state index is 13.7. The molecule has 6 heteroatoms. The third kappa shape index (κ3) is 9.07. The number of rotatable bonds is 18. The molecule has 4 atom stereocenters. The molecule has 282 valence electrons. The lowest BCUT2D eigenvalue weighted by Crippen LogP contribution is -2.50. The maximum atomic E-state index is 13.7. The lowest BCUT2D eigenvalue weighted by molar-refractivity contribution is -0.160. The van der Waals surface area contributed by atoms with Crippen molar-refractivity contribution in [3.8, 4) is 0 Å². The second kappa shape index (κ2) is 19.0. The smallest absolute Gasteiger partial charge is 0.411 e. The van der Waals surface area contributed by atoms with Gasteiger partial charge < -0.3 is 18.9 Å². The Hall–Kier alpha value is -6.05. The normalized spacial score (nSPS) is 16.7. The molecule has 6 nitrogen and oxygen atoms in total. The third-order valence-electron chi connectivity index (χ3n) is 10.1. The number of benzene rings is 6. The summed E-state index contributed by atoms with van der Waals surface area (Å²) < 4.78 is 27.6. The van der Waals surface area contributed by atoms with Gasteiger partial charge in [0.2, 0.25) is 0 Å². The average molecular weight is 742 g/mol. The van der Waals surface area contributed by atoms with E-state index in [1.807, 2.05) is 158 Å². The topological polar surface area (TPSA) is 57.2 Å². The van der Waals surface area contributed by atoms with Crippen molar-refractivity contribution in [1.82, 2.24) is 4.90 Å². The van der Waals surface area contributed by atoms with Crippen molar-refractivity contribution in [1.29, 1.82) is 0 Å². The molecule has 0 radical (unpaired) electrons. The molecule has 1 amide bonds.